The van der Waals surface area contributed by atoms with E-state index in [2.05, 4.69) is 0 Å². The fraction of sp³-hybridized carbons (Fsp3) is 0.571. The summed E-state index contributed by atoms with van der Waals surface area (Å²) in [6.07, 6.45) is 1.42. The van der Waals surface area contributed by atoms with E-state index in [1.54, 1.807) is 0 Å². The minimum atomic E-state index is -2.92. The molecule has 3 nitrogen and oxygen atoms in total. The topological polar surface area (TPSA) is 54.4 Å². The Balaban J connectivity index is 2.39. The van der Waals surface area contributed by atoms with Crippen molar-refractivity contribution in [1.29, 1.82) is 0 Å². The maximum atomic E-state index is 11.7. The Morgan fingerprint density at radius 2 is 2.00 bits per heavy atom. The molecule has 18 heavy (non-hydrogen) atoms. The summed E-state index contributed by atoms with van der Waals surface area (Å²) in [6, 6.07) is 9.81. The van der Waals surface area contributed by atoms with Gasteiger partial charge in [0.2, 0.25) is 0 Å². The molecule has 2 atom stereocenters. The number of sulfone groups is 1. The van der Waals surface area contributed by atoms with Crippen LogP contribution in [0.1, 0.15) is 25.3 Å². The SMILES string of the molecule is CCC(CO)(c1ccccc1)C1CCS(=O)(=O)C1. The first-order valence-corrected chi connectivity index (χ1v) is 8.23. The van der Waals surface area contributed by atoms with E-state index in [0.717, 1.165) is 12.0 Å². The Bertz CT molecular complexity index is 489. The molecule has 1 saturated heterocycles. The summed E-state index contributed by atoms with van der Waals surface area (Å²) in [5.41, 5.74) is 0.641. The lowest BCUT2D eigenvalue weighted by atomic mass is 9.69. The summed E-state index contributed by atoms with van der Waals surface area (Å²) in [5.74, 6) is 0.489. The van der Waals surface area contributed by atoms with Crippen molar-refractivity contribution in [2.75, 3.05) is 18.1 Å². The number of rotatable bonds is 4. The summed E-state index contributed by atoms with van der Waals surface area (Å²) < 4.78 is 23.3. The van der Waals surface area contributed by atoms with Crippen molar-refractivity contribution < 1.29 is 13.5 Å². The van der Waals surface area contributed by atoms with Gasteiger partial charge in [-0.3, -0.25) is 0 Å². The highest BCUT2D eigenvalue weighted by Crippen LogP contribution is 2.41. The third-order valence-electron chi connectivity index (χ3n) is 4.28. The molecule has 1 N–H and O–H groups in total. The van der Waals surface area contributed by atoms with Gasteiger partial charge in [0, 0.05) is 5.41 Å². The van der Waals surface area contributed by atoms with Crippen molar-refractivity contribution >= 4 is 9.84 Å². The molecular formula is C14H20O3S. The van der Waals surface area contributed by atoms with Crippen molar-refractivity contribution in [2.45, 2.75) is 25.2 Å². The quantitative estimate of drug-likeness (QED) is 0.905. The van der Waals surface area contributed by atoms with Crippen LogP contribution in [0.25, 0.3) is 0 Å². The maximum absolute atomic E-state index is 11.7. The van der Waals surface area contributed by atoms with Gasteiger partial charge >= 0.3 is 0 Å². The second-order valence-electron chi connectivity index (χ2n) is 5.13. The van der Waals surface area contributed by atoms with Gasteiger partial charge in [-0.1, -0.05) is 37.3 Å². The lowest BCUT2D eigenvalue weighted by molar-refractivity contribution is 0.140. The Morgan fingerprint density at radius 3 is 2.44 bits per heavy atom. The average Bonchev–Trinajstić information content (AvgIpc) is 2.74. The summed E-state index contributed by atoms with van der Waals surface area (Å²) >= 11 is 0. The predicted molar refractivity (Wildman–Crippen MR) is 72.3 cm³/mol. The van der Waals surface area contributed by atoms with E-state index in [9.17, 15) is 13.5 Å². The Morgan fingerprint density at radius 1 is 1.33 bits per heavy atom. The normalized spacial score (nSPS) is 25.8. The molecule has 1 fully saturated rings. The largest absolute Gasteiger partial charge is 0.395 e. The van der Waals surface area contributed by atoms with E-state index in [0.29, 0.717) is 6.42 Å². The van der Waals surface area contributed by atoms with Crippen LogP contribution >= 0.6 is 0 Å². The van der Waals surface area contributed by atoms with Crippen molar-refractivity contribution in [1.82, 2.24) is 0 Å². The summed E-state index contributed by atoms with van der Waals surface area (Å²) in [4.78, 5) is 0. The van der Waals surface area contributed by atoms with Gasteiger partial charge in [0.15, 0.2) is 9.84 Å². The van der Waals surface area contributed by atoms with Crippen LogP contribution in [0.15, 0.2) is 30.3 Å². The summed E-state index contributed by atoms with van der Waals surface area (Å²) in [7, 11) is -2.92. The number of benzene rings is 1. The van der Waals surface area contributed by atoms with Gasteiger partial charge in [-0.15, -0.1) is 0 Å². The molecule has 0 spiro atoms. The molecule has 4 heteroatoms. The molecule has 1 heterocycles. The molecule has 0 amide bonds. The Kier molecular flexibility index (Phi) is 3.78. The molecule has 0 saturated carbocycles. The minimum absolute atomic E-state index is 0.00764. The van der Waals surface area contributed by atoms with Crippen LogP contribution in [0.2, 0.25) is 0 Å². The molecule has 1 aromatic rings. The van der Waals surface area contributed by atoms with Gasteiger partial charge in [-0.2, -0.15) is 0 Å². The minimum Gasteiger partial charge on any atom is -0.395 e. The summed E-state index contributed by atoms with van der Waals surface area (Å²) in [5, 5.41) is 9.87. The van der Waals surface area contributed by atoms with Crippen LogP contribution in [-0.4, -0.2) is 31.6 Å². The molecule has 0 aromatic heterocycles. The monoisotopic (exact) mass is 268 g/mol. The zero-order valence-corrected chi connectivity index (χ0v) is 11.5. The first-order chi connectivity index (χ1) is 8.54. The van der Waals surface area contributed by atoms with E-state index < -0.39 is 15.3 Å². The van der Waals surface area contributed by atoms with Gasteiger partial charge < -0.3 is 5.11 Å². The van der Waals surface area contributed by atoms with Crippen LogP contribution in [0, 0.1) is 5.92 Å². The first-order valence-electron chi connectivity index (χ1n) is 6.41. The van der Waals surface area contributed by atoms with Crippen molar-refractivity contribution in [3.8, 4) is 0 Å². The molecule has 1 aliphatic heterocycles. The van der Waals surface area contributed by atoms with Gasteiger partial charge in [0.25, 0.3) is 0 Å². The number of hydrogen-bond acceptors (Lipinski definition) is 3. The lowest BCUT2D eigenvalue weighted by Gasteiger charge is -2.36. The predicted octanol–water partition coefficient (Wildman–Crippen LogP) is 1.76. The third kappa shape index (κ3) is 2.31. The zero-order chi connectivity index (χ0) is 13.2. The highest BCUT2D eigenvalue weighted by Gasteiger charge is 2.44. The fourth-order valence-corrected chi connectivity index (χ4v) is 4.97. The number of aliphatic hydroxyl groups is 1. The van der Waals surface area contributed by atoms with E-state index in [4.69, 9.17) is 0 Å². The Hall–Kier alpha value is -0.870. The maximum Gasteiger partial charge on any atom is 0.150 e. The van der Waals surface area contributed by atoms with Crippen molar-refractivity contribution in [2.24, 2.45) is 5.92 Å². The van der Waals surface area contributed by atoms with Crippen molar-refractivity contribution in [3.05, 3.63) is 35.9 Å². The van der Waals surface area contributed by atoms with Gasteiger partial charge in [-0.25, -0.2) is 8.42 Å². The van der Waals surface area contributed by atoms with Crippen LogP contribution in [0.3, 0.4) is 0 Å². The van der Waals surface area contributed by atoms with E-state index in [-0.39, 0.29) is 24.0 Å². The first kappa shape index (κ1) is 13.6. The van der Waals surface area contributed by atoms with Crippen LogP contribution < -0.4 is 0 Å². The zero-order valence-electron chi connectivity index (χ0n) is 10.7. The Labute approximate surface area is 109 Å². The standard InChI is InChI=1S/C14H20O3S/c1-2-14(11-15,12-6-4-3-5-7-12)13-8-9-18(16,17)10-13/h3-7,13,15H,2,8-11H2,1H3. The van der Waals surface area contributed by atoms with Crippen molar-refractivity contribution in [3.63, 3.8) is 0 Å². The highest BCUT2D eigenvalue weighted by molar-refractivity contribution is 7.91. The third-order valence-corrected chi connectivity index (χ3v) is 6.04. The van der Waals surface area contributed by atoms with Crippen LogP contribution in [0.4, 0.5) is 0 Å². The molecule has 1 aliphatic rings. The molecule has 100 valence electrons. The van der Waals surface area contributed by atoms with E-state index >= 15 is 0 Å². The molecule has 0 aliphatic carbocycles. The molecule has 0 radical (unpaired) electrons. The van der Waals surface area contributed by atoms with Gasteiger partial charge in [0.1, 0.15) is 0 Å². The van der Waals surface area contributed by atoms with E-state index in [1.807, 2.05) is 37.3 Å². The molecule has 2 unspecified atom stereocenters. The number of hydrogen-bond donors (Lipinski definition) is 1. The second kappa shape index (κ2) is 5.02. The molecule has 2 rings (SSSR count). The molecule has 0 bridgehead atoms. The second-order valence-corrected chi connectivity index (χ2v) is 7.36. The average molecular weight is 268 g/mol. The van der Waals surface area contributed by atoms with Gasteiger partial charge in [-0.05, 0) is 24.3 Å². The van der Waals surface area contributed by atoms with Crippen LogP contribution in [0.5, 0.6) is 0 Å². The highest BCUT2D eigenvalue weighted by atomic mass is 32.2. The van der Waals surface area contributed by atoms with E-state index in [1.165, 1.54) is 0 Å². The van der Waals surface area contributed by atoms with Gasteiger partial charge in [0.05, 0.1) is 18.1 Å². The molecule has 1 aromatic carbocycles. The smallest absolute Gasteiger partial charge is 0.150 e. The van der Waals surface area contributed by atoms with Crippen LogP contribution in [-0.2, 0) is 15.3 Å². The molecular weight excluding hydrogens is 248 g/mol. The number of aliphatic hydroxyl groups excluding tert-OH is 1. The fourth-order valence-electron chi connectivity index (χ4n) is 3.06. The lowest BCUT2D eigenvalue weighted by Crippen LogP contribution is -2.39. The summed E-state index contributed by atoms with van der Waals surface area (Å²) in [6.45, 7) is 2.03.